The largest absolute Gasteiger partial charge is 0.488 e. The molecule has 1 N–H and O–H groups in total. The van der Waals surface area contributed by atoms with Gasteiger partial charge in [0, 0.05) is 17.2 Å². The van der Waals surface area contributed by atoms with Gasteiger partial charge in [-0.15, -0.1) is 0 Å². The van der Waals surface area contributed by atoms with Crippen molar-refractivity contribution in [2.45, 2.75) is 19.6 Å². The zero-order valence-corrected chi connectivity index (χ0v) is 12.2. The highest BCUT2D eigenvalue weighted by molar-refractivity contribution is 6.42. The molecule has 0 radical (unpaired) electrons. The summed E-state index contributed by atoms with van der Waals surface area (Å²) in [7, 11) is 0. The first-order valence-electron chi connectivity index (χ1n) is 6.02. The van der Waals surface area contributed by atoms with Gasteiger partial charge in [0.15, 0.2) is 0 Å². The van der Waals surface area contributed by atoms with Crippen LogP contribution in [0.25, 0.3) is 0 Å². The van der Waals surface area contributed by atoms with Gasteiger partial charge in [-0.25, -0.2) is 4.39 Å². The molecule has 106 valence electrons. The maximum absolute atomic E-state index is 13.3. The third-order valence-corrected chi connectivity index (χ3v) is 3.70. The van der Waals surface area contributed by atoms with Gasteiger partial charge in [0.1, 0.15) is 18.2 Å². The molecule has 0 saturated heterocycles. The van der Waals surface area contributed by atoms with Crippen LogP contribution in [-0.4, -0.2) is 5.11 Å². The van der Waals surface area contributed by atoms with E-state index in [1.165, 1.54) is 18.2 Å². The molecule has 0 aliphatic heterocycles. The van der Waals surface area contributed by atoms with Crippen LogP contribution in [0.15, 0.2) is 36.4 Å². The Morgan fingerprint density at radius 3 is 2.70 bits per heavy atom. The van der Waals surface area contributed by atoms with Crippen LogP contribution < -0.4 is 4.74 Å². The molecule has 0 aliphatic rings. The summed E-state index contributed by atoms with van der Waals surface area (Å²) in [5.74, 6) is -0.141. The van der Waals surface area contributed by atoms with Crippen molar-refractivity contribution in [3.63, 3.8) is 0 Å². The van der Waals surface area contributed by atoms with Crippen molar-refractivity contribution in [1.29, 1.82) is 0 Å². The van der Waals surface area contributed by atoms with Gasteiger partial charge in [-0.2, -0.15) is 0 Å². The summed E-state index contributed by atoms with van der Waals surface area (Å²) in [4.78, 5) is 0. The highest BCUT2D eigenvalue weighted by Crippen LogP contribution is 2.29. The normalized spacial score (nSPS) is 12.2. The first-order chi connectivity index (χ1) is 9.49. The van der Waals surface area contributed by atoms with Crippen molar-refractivity contribution in [2.24, 2.45) is 0 Å². The molecule has 0 spiro atoms. The SMILES string of the molecule is CC(O)c1ccc(F)cc1OCc1cccc(Cl)c1Cl. The minimum Gasteiger partial charge on any atom is -0.488 e. The Labute approximate surface area is 126 Å². The predicted octanol–water partition coefficient (Wildman–Crippen LogP) is 4.76. The van der Waals surface area contributed by atoms with E-state index in [1.807, 2.05) is 0 Å². The van der Waals surface area contributed by atoms with Gasteiger partial charge in [-0.1, -0.05) is 35.3 Å². The lowest BCUT2D eigenvalue weighted by Gasteiger charge is -2.14. The fraction of sp³-hybridized carbons (Fsp3) is 0.200. The Balaban J connectivity index is 2.22. The van der Waals surface area contributed by atoms with E-state index >= 15 is 0 Å². The molecule has 2 aromatic carbocycles. The maximum Gasteiger partial charge on any atom is 0.128 e. The zero-order chi connectivity index (χ0) is 14.7. The summed E-state index contributed by atoms with van der Waals surface area (Å²) in [5, 5.41) is 10.5. The van der Waals surface area contributed by atoms with Crippen molar-refractivity contribution in [3.8, 4) is 5.75 Å². The van der Waals surface area contributed by atoms with E-state index in [4.69, 9.17) is 27.9 Å². The topological polar surface area (TPSA) is 29.5 Å². The number of hydrogen-bond acceptors (Lipinski definition) is 2. The molecular formula is C15H13Cl2FO2. The van der Waals surface area contributed by atoms with Crippen LogP contribution in [0.1, 0.15) is 24.2 Å². The van der Waals surface area contributed by atoms with E-state index in [0.717, 1.165) is 0 Å². The van der Waals surface area contributed by atoms with Gasteiger partial charge >= 0.3 is 0 Å². The highest BCUT2D eigenvalue weighted by Gasteiger charge is 2.12. The van der Waals surface area contributed by atoms with E-state index in [1.54, 1.807) is 25.1 Å². The Kier molecular flexibility index (Phi) is 4.86. The Morgan fingerprint density at radius 2 is 2.00 bits per heavy atom. The van der Waals surface area contributed by atoms with Crippen LogP contribution in [-0.2, 0) is 6.61 Å². The minimum atomic E-state index is -0.750. The van der Waals surface area contributed by atoms with Gasteiger partial charge in [0.25, 0.3) is 0 Å². The van der Waals surface area contributed by atoms with Crippen molar-refractivity contribution in [3.05, 3.63) is 63.4 Å². The lowest BCUT2D eigenvalue weighted by Crippen LogP contribution is -2.02. The second-order valence-corrected chi connectivity index (χ2v) is 5.14. The van der Waals surface area contributed by atoms with Gasteiger partial charge in [0.05, 0.1) is 16.1 Å². The summed E-state index contributed by atoms with van der Waals surface area (Å²) in [6, 6.07) is 9.22. The lowest BCUT2D eigenvalue weighted by atomic mass is 10.1. The quantitative estimate of drug-likeness (QED) is 0.881. The average Bonchev–Trinajstić information content (AvgIpc) is 2.40. The number of hydrogen-bond donors (Lipinski definition) is 1. The van der Waals surface area contributed by atoms with Gasteiger partial charge < -0.3 is 9.84 Å². The number of aliphatic hydroxyl groups excluding tert-OH is 1. The second kappa shape index (κ2) is 6.44. The summed E-state index contributed by atoms with van der Waals surface area (Å²) in [6.45, 7) is 1.73. The van der Waals surface area contributed by atoms with E-state index in [2.05, 4.69) is 0 Å². The molecule has 2 rings (SSSR count). The van der Waals surface area contributed by atoms with Crippen LogP contribution in [0.4, 0.5) is 4.39 Å². The summed E-state index contributed by atoms with van der Waals surface area (Å²) in [5.41, 5.74) is 1.21. The van der Waals surface area contributed by atoms with E-state index in [-0.39, 0.29) is 12.4 Å². The second-order valence-electron chi connectivity index (χ2n) is 4.36. The standard InChI is InChI=1S/C15H13Cl2FO2/c1-9(19)12-6-5-11(18)7-14(12)20-8-10-3-2-4-13(16)15(10)17/h2-7,9,19H,8H2,1H3. The molecule has 0 aliphatic carbocycles. The van der Waals surface area contributed by atoms with Gasteiger partial charge in [-0.3, -0.25) is 0 Å². The summed E-state index contributed by atoms with van der Waals surface area (Å²) < 4.78 is 18.8. The molecule has 0 bridgehead atoms. The molecular weight excluding hydrogens is 302 g/mol. The van der Waals surface area contributed by atoms with Gasteiger partial charge in [0.2, 0.25) is 0 Å². The van der Waals surface area contributed by atoms with E-state index in [9.17, 15) is 9.50 Å². The average molecular weight is 315 g/mol. The van der Waals surface area contributed by atoms with Crippen LogP contribution in [0.3, 0.4) is 0 Å². The molecule has 0 saturated carbocycles. The Bertz CT molecular complexity index is 615. The van der Waals surface area contributed by atoms with Gasteiger partial charge in [-0.05, 0) is 25.1 Å². The monoisotopic (exact) mass is 314 g/mol. The minimum absolute atomic E-state index is 0.141. The number of ether oxygens (including phenoxy) is 1. The zero-order valence-electron chi connectivity index (χ0n) is 10.7. The van der Waals surface area contributed by atoms with Crippen LogP contribution >= 0.6 is 23.2 Å². The summed E-state index contributed by atoms with van der Waals surface area (Å²) >= 11 is 12.0. The third-order valence-electron chi connectivity index (χ3n) is 2.84. The highest BCUT2D eigenvalue weighted by atomic mass is 35.5. The number of rotatable bonds is 4. The molecule has 2 aromatic rings. The first kappa shape index (κ1) is 15.1. The Morgan fingerprint density at radius 1 is 1.25 bits per heavy atom. The molecule has 2 nitrogen and oxygen atoms in total. The molecule has 0 amide bonds. The summed E-state index contributed by atoms with van der Waals surface area (Å²) in [6.07, 6.45) is -0.750. The predicted molar refractivity (Wildman–Crippen MR) is 77.8 cm³/mol. The molecule has 5 heteroatoms. The molecule has 0 aromatic heterocycles. The molecule has 1 unspecified atom stereocenters. The fourth-order valence-corrected chi connectivity index (χ4v) is 2.17. The fourth-order valence-electron chi connectivity index (χ4n) is 1.79. The van der Waals surface area contributed by atoms with Crippen LogP contribution in [0.5, 0.6) is 5.75 Å². The lowest BCUT2D eigenvalue weighted by molar-refractivity contribution is 0.190. The van der Waals surface area contributed by atoms with Crippen molar-refractivity contribution >= 4 is 23.2 Å². The van der Waals surface area contributed by atoms with Crippen molar-refractivity contribution in [1.82, 2.24) is 0 Å². The first-order valence-corrected chi connectivity index (χ1v) is 6.78. The third kappa shape index (κ3) is 3.42. The van der Waals surface area contributed by atoms with Crippen molar-refractivity contribution in [2.75, 3.05) is 0 Å². The van der Waals surface area contributed by atoms with Crippen LogP contribution in [0.2, 0.25) is 10.0 Å². The molecule has 0 fully saturated rings. The van der Waals surface area contributed by atoms with Crippen molar-refractivity contribution < 1.29 is 14.2 Å². The van der Waals surface area contributed by atoms with E-state index in [0.29, 0.717) is 21.2 Å². The number of benzene rings is 2. The number of halogens is 3. The number of aliphatic hydroxyl groups is 1. The Hall–Kier alpha value is -1.29. The molecule has 20 heavy (non-hydrogen) atoms. The molecule has 1 atom stereocenters. The molecule has 0 heterocycles. The van der Waals surface area contributed by atoms with E-state index < -0.39 is 11.9 Å². The smallest absolute Gasteiger partial charge is 0.128 e. The van der Waals surface area contributed by atoms with Crippen LogP contribution in [0, 0.1) is 5.82 Å². The maximum atomic E-state index is 13.3.